The second-order valence-electron chi connectivity index (χ2n) is 5.63. The van der Waals surface area contributed by atoms with Crippen LogP contribution in [0.15, 0.2) is 48.5 Å². The van der Waals surface area contributed by atoms with Crippen LogP contribution in [0.25, 0.3) is 6.08 Å². The zero-order chi connectivity index (χ0) is 17.4. The molecule has 0 aliphatic rings. The Morgan fingerprint density at radius 1 is 1.17 bits per heavy atom. The van der Waals surface area contributed by atoms with E-state index in [1.54, 1.807) is 0 Å². The molecular formula is C20H22FNO2. The van der Waals surface area contributed by atoms with Gasteiger partial charge in [0.2, 0.25) is 0 Å². The molecule has 0 bridgehead atoms. The maximum absolute atomic E-state index is 13.2. The molecule has 0 heterocycles. The summed E-state index contributed by atoms with van der Waals surface area (Å²) < 4.78 is 18.4. The van der Waals surface area contributed by atoms with Crippen LogP contribution in [0.1, 0.15) is 28.7 Å². The van der Waals surface area contributed by atoms with Gasteiger partial charge in [-0.05, 0) is 54.7 Å². The number of aryl methyl sites for hydroxylation is 2. The minimum atomic E-state index is -0.429. The van der Waals surface area contributed by atoms with Crippen LogP contribution in [0.2, 0.25) is 0 Å². The van der Waals surface area contributed by atoms with Crippen molar-refractivity contribution in [2.24, 2.45) is 0 Å². The first kappa shape index (κ1) is 17.7. The van der Waals surface area contributed by atoms with Gasteiger partial charge < -0.3 is 10.1 Å². The highest BCUT2D eigenvalue weighted by atomic mass is 19.1. The monoisotopic (exact) mass is 327 g/mol. The van der Waals surface area contributed by atoms with E-state index in [1.165, 1.54) is 12.1 Å². The van der Waals surface area contributed by atoms with Gasteiger partial charge >= 0.3 is 6.09 Å². The highest BCUT2D eigenvalue weighted by Gasteiger charge is 2.03. The van der Waals surface area contributed by atoms with Gasteiger partial charge in [0.05, 0.1) is 0 Å². The largest absolute Gasteiger partial charge is 0.445 e. The Labute approximate surface area is 142 Å². The van der Waals surface area contributed by atoms with E-state index < -0.39 is 6.09 Å². The van der Waals surface area contributed by atoms with Crippen LogP contribution in [0.3, 0.4) is 0 Å². The first-order chi connectivity index (χ1) is 11.6. The Morgan fingerprint density at radius 2 is 1.83 bits per heavy atom. The van der Waals surface area contributed by atoms with E-state index in [2.05, 4.69) is 5.32 Å². The number of hydrogen-bond acceptors (Lipinski definition) is 2. The molecule has 2 aromatic rings. The molecule has 0 aliphatic carbocycles. The third kappa shape index (κ3) is 5.54. The van der Waals surface area contributed by atoms with Crippen molar-refractivity contribution in [3.63, 3.8) is 0 Å². The number of hydrogen-bond donors (Lipinski definition) is 1. The molecule has 1 N–H and O–H groups in total. The maximum Gasteiger partial charge on any atom is 0.407 e. The molecule has 0 aromatic heterocycles. The number of benzene rings is 2. The number of halogens is 1. The molecule has 0 atom stereocenters. The highest BCUT2D eigenvalue weighted by Crippen LogP contribution is 2.17. The van der Waals surface area contributed by atoms with Gasteiger partial charge in [0, 0.05) is 6.54 Å². The fourth-order valence-electron chi connectivity index (χ4n) is 2.42. The molecule has 4 heteroatoms. The number of carbonyl (C=O) groups is 1. The minimum Gasteiger partial charge on any atom is -0.445 e. The van der Waals surface area contributed by atoms with Crippen molar-refractivity contribution in [2.45, 2.75) is 26.9 Å². The fourth-order valence-corrected chi connectivity index (χ4v) is 2.42. The van der Waals surface area contributed by atoms with Gasteiger partial charge in [0.1, 0.15) is 12.4 Å². The van der Waals surface area contributed by atoms with Crippen LogP contribution in [-0.2, 0) is 11.3 Å². The molecular weight excluding hydrogens is 305 g/mol. The van der Waals surface area contributed by atoms with E-state index in [0.29, 0.717) is 13.0 Å². The molecule has 0 spiro atoms. The average molecular weight is 327 g/mol. The first-order valence-corrected chi connectivity index (χ1v) is 7.94. The van der Waals surface area contributed by atoms with Crippen LogP contribution in [-0.4, -0.2) is 12.6 Å². The van der Waals surface area contributed by atoms with Gasteiger partial charge in [0.15, 0.2) is 0 Å². The molecule has 24 heavy (non-hydrogen) atoms. The lowest BCUT2D eigenvalue weighted by Gasteiger charge is -2.07. The summed E-state index contributed by atoms with van der Waals surface area (Å²) in [5.41, 5.74) is 3.77. The smallest absolute Gasteiger partial charge is 0.407 e. The minimum absolute atomic E-state index is 0.218. The maximum atomic E-state index is 13.2. The van der Waals surface area contributed by atoms with Crippen molar-refractivity contribution in [2.75, 3.05) is 6.54 Å². The van der Waals surface area contributed by atoms with Gasteiger partial charge in [-0.15, -0.1) is 0 Å². The summed E-state index contributed by atoms with van der Waals surface area (Å²) in [6.45, 7) is 4.52. The predicted octanol–water partition coefficient (Wildman–Crippen LogP) is 4.77. The van der Waals surface area contributed by atoms with Crippen LogP contribution in [0, 0.1) is 19.7 Å². The number of carbonyl (C=O) groups excluding carboxylic acids is 1. The summed E-state index contributed by atoms with van der Waals surface area (Å²) in [7, 11) is 0. The van der Waals surface area contributed by atoms with Crippen LogP contribution >= 0.6 is 0 Å². The summed E-state index contributed by atoms with van der Waals surface area (Å²) in [4.78, 5) is 11.6. The first-order valence-electron chi connectivity index (χ1n) is 7.94. The van der Waals surface area contributed by atoms with E-state index in [-0.39, 0.29) is 12.4 Å². The van der Waals surface area contributed by atoms with Crippen LogP contribution in [0.5, 0.6) is 0 Å². The summed E-state index contributed by atoms with van der Waals surface area (Å²) in [5, 5.41) is 2.71. The number of alkyl carbamates (subject to hydrolysis) is 1. The Balaban J connectivity index is 1.72. The molecule has 0 radical (unpaired) electrons. The van der Waals surface area contributed by atoms with Gasteiger partial charge in [-0.25, -0.2) is 9.18 Å². The molecule has 126 valence electrons. The summed E-state index contributed by atoms with van der Waals surface area (Å²) in [6.07, 6.45) is 4.17. The SMILES string of the molecule is Cc1cc(F)cc(C)c1C=CCCNC(=O)OCc1ccccc1. The third-order valence-corrected chi connectivity index (χ3v) is 3.64. The average Bonchev–Trinajstić information content (AvgIpc) is 2.55. The second kappa shape index (κ2) is 8.87. The second-order valence-corrected chi connectivity index (χ2v) is 5.63. The molecule has 0 aliphatic heterocycles. The van der Waals surface area contributed by atoms with Crippen molar-refractivity contribution in [3.8, 4) is 0 Å². The third-order valence-electron chi connectivity index (χ3n) is 3.64. The van der Waals surface area contributed by atoms with Gasteiger partial charge in [-0.2, -0.15) is 0 Å². The predicted molar refractivity (Wildman–Crippen MR) is 94.2 cm³/mol. The molecule has 2 rings (SSSR count). The van der Waals surface area contributed by atoms with Crippen molar-refractivity contribution in [1.29, 1.82) is 0 Å². The van der Waals surface area contributed by atoms with Gasteiger partial charge in [0.25, 0.3) is 0 Å². The topological polar surface area (TPSA) is 38.3 Å². The summed E-state index contributed by atoms with van der Waals surface area (Å²) in [6, 6.07) is 12.6. The molecule has 0 unspecified atom stereocenters. The van der Waals surface area contributed by atoms with E-state index in [1.807, 2.05) is 56.3 Å². The van der Waals surface area contributed by atoms with Crippen molar-refractivity contribution in [3.05, 3.63) is 76.6 Å². The number of nitrogens with one attached hydrogen (secondary N) is 1. The molecule has 0 saturated carbocycles. The lowest BCUT2D eigenvalue weighted by atomic mass is 10.0. The fraction of sp³-hybridized carbons (Fsp3) is 0.250. The lowest BCUT2D eigenvalue weighted by Crippen LogP contribution is -2.24. The van der Waals surface area contributed by atoms with E-state index in [4.69, 9.17) is 4.74 Å². The van der Waals surface area contributed by atoms with Gasteiger partial charge in [-0.3, -0.25) is 0 Å². The van der Waals surface area contributed by atoms with E-state index >= 15 is 0 Å². The zero-order valence-corrected chi connectivity index (χ0v) is 14.0. The number of ether oxygens (including phenoxy) is 1. The lowest BCUT2D eigenvalue weighted by molar-refractivity contribution is 0.140. The molecule has 1 amide bonds. The number of amides is 1. The zero-order valence-electron chi connectivity index (χ0n) is 14.0. The standard InChI is InChI=1S/C20H22FNO2/c1-15-12-18(21)13-16(2)19(15)10-6-7-11-22-20(23)24-14-17-8-4-3-5-9-17/h3-6,8-10,12-13H,7,11,14H2,1-2H3,(H,22,23). The molecule has 0 saturated heterocycles. The van der Waals surface area contributed by atoms with Crippen LogP contribution in [0.4, 0.5) is 9.18 Å². The Bertz CT molecular complexity index is 688. The Morgan fingerprint density at radius 3 is 2.50 bits per heavy atom. The number of rotatable bonds is 6. The summed E-state index contributed by atoms with van der Waals surface area (Å²) in [5.74, 6) is -0.218. The van der Waals surface area contributed by atoms with Crippen molar-refractivity contribution in [1.82, 2.24) is 5.32 Å². The molecule has 3 nitrogen and oxygen atoms in total. The quantitative estimate of drug-likeness (QED) is 0.776. The van der Waals surface area contributed by atoms with E-state index in [0.717, 1.165) is 22.3 Å². The molecule has 2 aromatic carbocycles. The van der Waals surface area contributed by atoms with Crippen molar-refractivity contribution >= 4 is 12.2 Å². The highest BCUT2D eigenvalue weighted by molar-refractivity contribution is 5.67. The molecule has 0 fully saturated rings. The Kier molecular flexibility index (Phi) is 6.55. The normalized spacial score (nSPS) is 10.8. The van der Waals surface area contributed by atoms with Crippen LogP contribution < -0.4 is 5.32 Å². The Hall–Kier alpha value is -2.62. The van der Waals surface area contributed by atoms with E-state index in [9.17, 15) is 9.18 Å². The summed E-state index contributed by atoms with van der Waals surface area (Å²) >= 11 is 0. The van der Waals surface area contributed by atoms with Gasteiger partial charge in [-0.1, -0.05) is 42.5 Å². The van der Waals surface area contributed by atoms with Crippen molar-refractivity contribution < 1.29 is 13.9 Å².